The monoisotopic (exact) mass is 483 g/mol. The Balaban J connectivity index is 1.92. The van der Waals surface area contributed by atoms with E-state index in [0.717, 1.165) is 3.57 Å². The first-order valence-electron chi connectivity index (χ1n) is 7.66. The molecule has 0 fully saturated rings. The number of anilines is 1. The number of hydrogen-bond acceptors (Lipinski definition) is 4. The summed E-state index contributed by atoms with van der Waals surface area (Å²) in [6.07, 6.45) is 0. The molecule has 0 bridgehead atoms. The highest BCUT2D eigenvalue weighted by Gasteiger charge is 2.15. The maximum atomic E-state index is 12.6. The third-order valence-electron chi connectivity index (χ3n) is 3.71. The van der Waals surface area contributed by atoms with Crippen LogP contribution in [0.25, 0.3) is 11.3 Å². The van der Waals surface area contributed by atoms with E-state index in [9.17, 15) is 9.90 Å². The molecule has 2 N–H and O–H groups in total. The van der Waals surface area contributed by atoms with Gasteiger partial charge >= 0.3 is 0 Å². The molecule has 7 heteroatoms. The van der Waals surface area contributed by atoms with Crippen molar-refractivity contribution in [3.8, 4) is 17.1 Å². The summed E-state index contributed by atoms with van der Waals surface area (Å²) < 4.78 is 11.9. The second kappa shape index (κ2) is 8.11. The van der Waals surface area contributed by atoms with Gasteiger partial charge < -0.3 is 19.6 Å². The lowest BCUT2D eigenvalue weighted by Gasteiger charge is -2.11. The summed E-state index contributed by atoms with van der Waals surface area (Å²) in [5.41, 5.74) is 1.64. The largest absolute Gasteiger partial charge is 0.496 e. The molecule has 0 saturated carbocycles. The zero-order valence-electron chi connectivity index (χ0n) is 13.8. The smallest absolute Gasteiger partial charge is 0.257 e. The molecule has 0 atom stereocenters. The minimum atomic E-state index is -0.305. The fraction of sp³-hybridized carbons (Fsp3) is 0.105. The Morgan fingerprint density at radius 3 is 2.73 bits per heavy atom. The minimum absolute atomic E-state index is 0.191. The summed E-state index contributed by atoms with van der Waals surface area (Å²) in [5.74, 6) is 1.27. The number of furan rings is 1. The first-order valence-corrected chi connectivity index (χ1v) is 9.12. The van der Waals surface area contributed by atoms with Crippen LogP contribution in [-0.2, 0) is 6.61 Å². The van der Waals surface area contributed by atoms with Crippen molar-refractivity contribution in [2.75, 3.05) is 12.4 Å². The quantitative estimate of drug-likeness (QED) is 0.503. The number of aliphatic hydroxyl groups is 1. The number of halogens is 2. The van der Waals surface area contributed by atoms with Gasteiger partial charge in [0, 0.05) is 9.26 Å². The van der Waals surface area contributed by atoms with Crippen molar-refractivity contribution in [2.45, 2.75) is 6.61 Å². The molecule has 3 aromatic rings. The molecular weight excluding hydrogens is 469 g/mol. The summed E-state index contributed by atoms with van der Waals surface area (Å²) >= 11 is 8.25. The second-order valence-electron chi connectivity index (χ2n) is 5.42. The van der Waals surface area contributed by atoms with Gasteiger partial charge in [0.05, 0.1) is 23.3 Å². The third kappa shape index (κ3) is 4.03. The zero-order chi connectivity index (χ0) is 18.7. The lowest BCUT2D eigenvalue weighted by Crippen LogP contribution is -2.12. The maximum Gasteiger partial charge on any atom is 0.257 e. The Hall–Kier alpha value is -2.03. The van der Waals surface area contributed by atoms with Crippen molar-refractivity contribution in [1.29, 1.82) is 0 Å². The van der Waals surface area contributed by atoms with Crippen LogP contribution in [0, 0.1) is 3.57 Å². The molecule has 0 spiro atoms. The van der Waals surface area contributed by atoms with Gasteiger partial charge in [0.1, 0.15) is 23.9 Å². The summed E-state index contributed by atoms with van der Waals surface area (Å²) in [5, 5.41) is 12.4. The van der Waals surface area contributed by atoms with Gasteiger partial charge in [0.2, 0.25) is 0 Å². The Bertz CT molecular complexity index is 954. The maximum absolute atomic E-state index is 12.6. The topological polar surface area (TPSA) is 71.7 Å². The average molecular weight is 484 g/mol. The first kappa shape index (κ1) is 18.8. The number of rotatable bonds is 5. The molecule has 1 aromatic heterocycles. The molecule has 0 radical (unpaired) electrons. The van der Waals surface area contributed by atoms with E-state index in [1.807, 2.05) is 6.07 Å². The normalized spacial score (nSPS) is 10.6. The van der Waals surface area contributed by atoms with Gasteiger partial charge in [-0.15, -0.1) is 0 Å². The van der Waals surface area contributed by atoms with Crippen molar-refractivity contribution in [3.63, 3.8) is 0 Å². The molecular formula is C19H15ClINO4. The van der Waals surface area contributed by atoms with Crippen molar-refractivity contribution in [2.24, 2.45) is 0 Å². The van der Waals surface area contributed by atoms with E-state index >= 15 is 0 Å². The number of amides is 1. The number of carbonyl (C=O) groups is 1. The number of benzene rings is 2. The van der Waals surface area contributed by atoms with E-state index in [1.165, 1.54) is 0 Å². The molecule has 26 heavy (non-hydrogen) atoms. The lowest BCUT2D eigenvalue weighted by atomic mass is 10.1. The summed E-state index contributed by atoms with van der Waals surface area (Å²) in [6, 6.07) is 13.9. The molecule has 0 aliphatic carbocycles. The van der Waals surface area contributed by atoms with Crippen LogP contribution in [0.3, 0.4) is 0 Å². The molecule has 0 saturated heterocycles. The fourth-order valence-corrected chi connectivity index (χ4v) is 3.15. The molecule has 3 rings (SSSR count). The summed E-state index contributed by atoms with van der Waals surface area (Å²) in [6.45, 7) is -0.191. The average Bonchev–Trinajstić information content (AvgIpc) is 3.12. The first-order chi connectivity index (χ1) is 12.5. The van der Waals surface area contributed by atoms with Gasteiger partial charge in [0.15, 0.2) is 0 Å². The van der Waals surface area contributed by atoms with Crippen molar-refractivity contribution in [1.82, 2.24) is 0 Å². The van der Waals surface area contributed by atoms with Gasteiger partial charge in [-0.3, -0.25) is 4.79 Å². The zero-order valence-corrected chi connectivity index (χ0v) is 16.7. The highest BCUT2D eigenvalue weighted by molar-refractivity contribution is 14.1. The molecule has 1 heterocycles. The molecule has 134 valence electrons. The Labute approximate surface area is 169 Å². The number of methoxy groups -OCH3 is 1. The number of aliphatic hydroxyl groups excluding tert-OH is 1. The molecule has 0 unspecified atom stereocenters. The van der Waals surface area contributed by atoms with Crippen LogP contribution in [0.1, 0.15) is 16.1 Å². The summed E-state index contributed by atoms with van der Waals surface area (Å²) in [4.78, 5) is 12.6. The number of nitrogens with one attached hydrogen (secondary N) is 1. The van der Waals surface area contributed by atoms with E-state index in [0.29, 0.717) is 39.1 Å². The number of ether oxygens (including phenoxy) is 1. The predicted octanol–water partition coefficient (Wildman–Crippen LogP) is 4.96. The van der Waals surface area contributed by atoms with Gasteiger partial charge in [-0.25, -0.2) is 0 Å². The van der Waals surface area contributed by atoms with Crippen molar-refractivity contribution < 1.29 is 19.1 Å². The van der Waals surface area contributed by atoms with E-state index in [1.54, 1.807) is 49.6 Å². The van der Waals surface area contributed by atoms with Gasteiger partial charge in [-0.1, -0.05) is 11.6 Å². The molecule has 1 amide bonds. The van der Waals surface area contributed by atoms with E-state index in [2.05, 4.69) is 27.9 Å². The van der Waals surface area contributed by atoms with Crippen LogP contribution in [-0.4, -0.2) is 18.1 Å². The Kier molecular flexibility index (Phi) is 5.85. The Morgan fingerprint density at radius 2 is 2.04 bits per heavy atom. The van der Waals surface area contributed by atoms with E-state index in [4.69, 9.17) is 20.8 Å². The Morgan fingerprint density at radius 1 is 1.23 bits per heavy atom. The lowest BCUT2D eigenvalue weighted by molar-refractivity contribution is 0.102. The van der Waals surface area contributed by atoms with Crippen LogP contribution in [0.15, 0.2) is 52.9 Å². The van der Waals surface area contributed by atoms with Gasteiger partial charge in [-0.2, -0.15) is 0 Å². The third-order valence-corrected chi connectivity index (χ3v) is 4.71. The number of carbonyl (C=O) groups excluding carboxylic acids is 1. The SMILES string of the molecule is COc1ccc(NC(=O)c2cc(I)ccc2Cl)cc1-c1ccc(CO)o1. The fourth-order valence-electron chi connectivity index (χ4n) is 2.46. The predicted molar refractivity (Wildman–Crippen MR) is 109 cm³/mol. The number of hydrogen-bond donors (Lipinski definition) is 2. The highest BCUT2D eigenvalue weighted by Crippen LogP contribution is 2.34. The molecule has 0 aliphatic heterocycles. The minimum Gasteiger partial charge on any atom is -0.496 e. The second-order valence-corrected chi connectivity index (χ2v) is 7.07. The van der Waals surface area contributed by atoms with E-state index < -0.39 is 0 Å². The molecule has 2 aromatic carbocycles. The van der Waals surface area contributed by atoms with Crippen molar-refractivity contribution in [3.05, 3.63) is 68.4 Å². The van der Waals surface area contributed by atoms with Crippen LogP contribution >= 0.6 is 34.2 Å². The van der Waals surface area contributed by atoms with E-state index in [-0.39, 0.29) is 12.5 Å². The molecule has 5 nitrogen and oxygen atoms in total. The van der Waals surface area contributed by atoms with Crippen LogP contribution in [0.4, 0.5) is 5.69 Å². The van der Waals surface area contributed by atoms with Crippen LogP contribution in [0.5, 0.6) is 5.75 Å². The van der Waals surface area contributed by atoms with Crippen LogP contribution in [0.2, 0.25) is 5.02 Å². The van der Waals surface area contributed by atoms with Crippen LogP contribution < -0.4 is 10.1 Å². The van der Waals surface area contributed by atoms with Gasteiger partial charge in [0.25, 0.3) is 5.91 Å². The standard InChI is InChI=1S/C19H15ClINO4/c1-25-17-6-3-12(9-15(17)18-7-4-13(10-23)26-18)22-19(24)14-8-11(21)2-5-16(14)20/h2-9,23H,10H2,1H3,(H,22,24). The van der Waals surface area contributed by atoms with Crippen molar-refractivity contribution >= 4 is 45.8 Å². The van der Waals surface area contributed by atoms with Gasteiger partial charge in [-0.05, 0) is 71.1 Å². The molecule has 0 aliphatic rings. The summed E-state index contributed by atoms with van der Waals surface area (Å²) in [7, 11) is 1.55. The highest BCUT2D eigenvalue weighted by atomic mass is 127.